The van der Waals surface area contributed by atoms with Crippen LogP contribution in [0.1, 0.15) is 5.56 Å². The van der Waals surface area contributed by atoms with E-state index >= 15 is 0 Å². The Labute approximate surface area is 150 Å². The number of fused-ring (bicyclic) bond motifs is 1. The van der Waals surface area contributed by atoms with Crippen molar-refractivity contribution in [3.63, 3.8) is 0 Å². The molecule has 1 amide bonds. The van der Waals surface area contributed by atoms with Crippen LogP contribution in [0.25, 0.3) is 11.4 Å². The number of methoxy groups -OCH3 is 1. The van der Waals surface area contributed by atoms with Gasteiger partial charge < -0.3 is 14.8 Å². The molecule has 4 rings (SSSR count). The Morgan fingerprint density at radius 3 is 3.00 bits per heavy atom. The molecule has 1 aromatic heterocycles. The number of benzene rings is 2. The number of aromatic amines is 1. The predicted octanol–water partition coefficient (Wildman–Crippen LogP) is 2.67. The minimum atomic E-state index is -0.265. The molecule has 1 aliphatic rings. The van der Waals surface area contributed by atoms with Gasteiger partial charge in [-0.25, -0.2) is 4.98 Å². The van der Waals surface area contributed by atoms with E-state index < -0.39 is 0 Å². The van der Waals surface area contributed by atoms with Gasteiger partial charge in [0.2, 0.25) is 5.91 Å². The number of hydrogen-bond acceptors (Lipinski definition) is 5. The van der Waals surface area contributed by atoms with Crippen molar-refractivity contribution in [3.8, 4) is 22.9 Å². The third-order valence-corrected chi connectivity index (χ3v) is 4.41. The first-order valence-corrected chi connectivity index (χ1v) is 8.30. The quantitative estimate of drug-likeness (QED) is 0.755. The van der Waals surface area contributed by atoms with Crippen molar-refractivity contribution in [2.75, 3.05) is 19.0 Å². The van der Waals surface area contributed by atoms with Crippen molar-refractivity contribution in [2.45, 2.75) is 6.42 Å². The van der Waals surface area contributed by atoms with E-state index in [9.17, 15) is 4.79 Å². The number of carbonyl (C=O) groups is 1. The molecule has 0 fully saturated rings. The third kappa shape index (κ3) is 3.11. The summed E-state index contributed by atoms with van der Waals surface area (Å²) in [7, 11) is 1.62. The summed E-state index contributed by atoms with van der Waals surface area (Å²) in [5.74, 6) is 1.78. The summed E-state index contributed by atoms with van der Waals surface area (Å²) < 4.78 is 11.0. The van der Waals surface area contributed by atoms with Crippen molar-refractivity contribution in [1.29, 1.82) is 0 Å². The van der Waals surface area contributed by atoms with Crippen LogP contribution in [0.3, 0.4) is 0 Å². The predicted molar refractivity (Wildman–Crippen MR) is 96.1 cm³/mol. The van der Waals surface area contributed by atoms with Gasteiger partial charge in [0.1, 0.15) is 24.4 Å². The first-order valence-electron chi connectivity index (χ1n) is 8.30. The average molecular weight is 350 g/mol. The summed E-state index contributed by atoms with van der Waals surface area (Å²) in [6, 6.07) is 13.2. The molecule has 0 aliphatic carbocycles. The number of hydrogen-bond donors (Lipinski definition) is 2. The van der Waals surface area contributed by atoms with Crippen molar-refractivity contribution in [2.24, 2.45) is 5.92 Å². The van der Waals surface area contributed by atoms with E-state index in [1.54, 1.807) is 7.11 Å². The summed E-state index contributed by atoms with van der Waals surface area (Å²) in [4.78, 5) is 16.9. The van der Waals surface area contributed by atoms with Crippen LogP contribution in [0.5, 0.6) is 11.5 Å². The number of H-pyrrole nitrogens is 1. The van der Waals surface area contributed by atoms with Crippen molar-refractivity contribution < 1.29 is 14.3 Å². The van der Waals surface area contributed by atoms with Crippen molar-refractivity contribution >= 4 is 11.6 Å². The molecule has 7 heteroatoms. The Morgan fingerprint density at radius 1 is 1.31 bits per heavy atom. The fourth-order valence-corrected chi connectivity index (χ4v) is 3.02. The molecule has 26 heavy (non-hydrogen) atoms. The lowest BCUT2D eigenvalue weighted by molar-refractivity contribution is -0.121. The van der Waals surface area contributed by atoms with Crippen LogP contribution in [-0.4, -0.2) is 34.8 Å². The second-order valence-electron chi connectivity index (χ2n) is 6.05. The van der Waals surface area contributed by atoms with Crippen LogP contribution in [-0.2, 0) is 11.2 Å². The van der Waals surface area contributed by atoms with Gasteiger partial charge in [-0.3, -0.25) is 9.89 Å². The minimum Gasteiger partial charge on any atom is -0.497 e. The van der Waals surface area contributed by atoms with Gasteiger partial charge in [0.05, 0.1) is 18.7 Å². The second kappa shape index (κ2) is 6.87. The van der Waals surface area contributed by atoms with Crippen LogP contribution < -0.4 is 14.8 Å². The highest BCUT2D eigenvalue weighted by Crippen LogP contribution is 2.32. The highest BCUT2D eigenvalue weighted by molar-refractivity contribution is 5.96. The SMILES string of the molecule is COc1ccc2c(c1)OC[C@@H](C(=O)Nc1ccccc1-c1ncn[nH]1)C2. The fraction of sp³-hybridized carbons (Fsp3) is 0.211. The first kappa shape index (κ1) is 16.1. The van der Waals surface area contributed by atoms with E-state index in [0.29, 0.717) is 24.5 Å². The van der Waals surface area contributed by atoms with Crippen molar-refractivity contribution in [3.05, 3.63) is 54.4 Å². The molecule has 2 aromatic carbocycles. The van der Waals surface area contributed by atoms with Gasteiger partial charge in [-0.1, -0.05) is 18.2 Å². The van der Waals surface area contributed by atoms with E-state index in [1.807, 2.05) is 42.5 Å². The molecule has 0 saturated carbocycles. The monoisotopic (exact) mass is 350 g/mol. The van der Waals surface area contributed by atoms with Gasteiger partial charge in [0, 0.05) is 11.6 Å². The molecule has 0 bridgehead atoms. The van der Waals surface area contributed by atoms with E-state index in [0.717, 1.165) is 22.6 Å². The fourth-order valence-electron chi connectivity index (χ4n) is 3.02. The van der Waals surface area contributed by atoms with Crippen LogP contribution in [0.2, 0.25) is 0 Å². The molecule has 0 saturated heterocycles. The normalized spacial score (nSPS) is 15.7. The largest absolute Gasteiger partial charge is 0.497 e. The Balaban J connectivity index is 1.51. The van der Waals surface area contributed by atoms with Gasteiger partial charge in [-0.05, 0) is 30.2 Å². The number of rotatable bonds is 4. The number of carbonyl (C=O) groups excluding carboxylic acids is 1. The maximum Gasteiger partial charge on any atom is 0.231 e. The van der Waals surface area contributed by atoms with Crippen LogP contribution in [0, 0.1) is 5.92 Å². The van der Waals surface area contributed by atoms with Gasteiger partial charge in [-0.15, -0.1) is 0 Å². The highest BCUT2D eigenvalue weighted by Gasteiger charge is 2.27. The number of amides is 1. The van der Waals surface area contributed by atoms with E-state index in [-0.39, 0.29) is 11.8 Å². The molecule has 0 spiro atoms. The minimum absolute atomic E-state index is 0.0848. The molecule has 132 valence electrons. The molecule has 1 atom stereocenters. The van der Waals surface area contributed by atoms with Gasteiger partial charge in [-0.2, -0.15) is 5.10 Å². The molecule has 1 aliphatic heterocycles. The average Bonchev–Trinajstić information content (AvgIpc) is 3.22. The number of nitrogens with zero attached hydrogens (tertiary/aromatic N) is 2. The topological polar surface area (TPSA) is 89.1 Å². The van der Waals surface area contributed by atoms with E-state index in [4.69, 9.17) is 9.47 Å². The Kier molecular flexibility index (Phi) is 4.27. The van der Waals surface area contributed by atoms with E-state index in [1.165, 1.54) is 6.33 Å². The van der Waals surface area contributed by atoms with Gasteiger partial charge in [0.15, 0.2) is 5.82 Å². The lowest BCUT2D eigenvalue weighted by Gasteiger charge is -2.25. The van der Waals surface area contributed by atoms with Crippen molar-refractivity contribution in [1.82, 2.24) is 15.2 Å². The number of aromatic nitrogens is 3. The number of ether oxygens (including phenoxy) is 2. The first-order chi connectivity index (χ1) is 12.7. The summed E-state index contributed by atoms with van der Waals surface area (Å²) in [5, 5.41) is 9.68. The molecular formula is C19H18N4O3. The molecule has 2 heterocycles. The Bertz CT molecular complexity index is 924. The summed E-state index contributed by atoms with van der Waals surface area (Å²) in [6.45, 7) is 0.330. The summed E-state index contributed by atoms with van der Waals surface area (Å²) in [5.41, 5.74) is 2.48. The third-order valence-electron chi connectivity index (χ3n) is 4.41. The number of nitrogens with one attached hydrogen (secondary N) is 2. The van der Waals surface area contributed by atoms with Gasteiger partial charge >= 0.3 is 0 Å². The maximum absolute atomic E-state index is 12.8. The zero-order chi connectivity index (χ0) is 17.9. The molecule has 2 N–H and O–H groups in total. The maximum atomic E-state index is 12.8. The lowest BCUT2D eigenvalue weighted by Crippen LogP contribution is -2.32. The zero-order valence-corrected chi connectivity index (χ0v) is 14.2. The second-order valence-corrected chi connectivity index (χ2v) is 6.05. The lowest BCUT2D eigenvalue weighted by atomic mass is 9.95. The smallest absolute Gasteiger partial charge is 0.231 e. The number of para-hydroxylation sites is 1. The van der Waals surface area contributed by atoms with Crippen LogP contribution in [0.15, 0.2) is 48.8 Å². The summed E-state index contributed by atoms with van der Waals surface area (Å²) in [6.07, 6.45) is 2.06. The molecular weight excluding hydrogens is 332 g/mol. The number of anilines is 1. The summed E-state index contributed by atoms with van der Waals surface area (Å²) >= 11 is 0. The van der Waals surface area contributed by atoms with Gasteiger partial charge in [0.25, 0.3) is 0 Å². The van der Waals surface area contributed by atoms with Crippen LogP contribution in [0.4, 0.5) is 5.69 Å². The molecule has 3 aromatic rings. The molecule has 0 radical (unpaired) electrons. The van der Waals surface area contributed by atoms with Crippen LogP contribution >= 0.6 is 0 Å². The Morgan fingerprint density at radius 2 is 2.19 bits per heavy atom. The Hall–Kier alpha value is -3.35. The highest BCUT2D eigenvalue weighted by atomic mass is 16.5. The molecule has 0 unspecified atom stereocenters. The van der Waals surface area contributed by atoms with E-state index in [2.05, 4.69) is 20.5 Å². The zero-order valence-electron chi connectivity index (χ0n) is 14.2. The standard InChI is InChI=1S/C19H18N4O3/c1-25-14-7-6-12-8-13(10-26-17(12)9-14)19(24)22-16-5-3-2-4-15(16)18-20-11-21-23-18/h2-7,9,11,13H,8,10H2,1H3,(H,22,24)(H,20,21,23)/t13-/m0/s1. The molecule has 7 nitrogen and oxygen atoms in total.